The van der Waals surface area contributed by atoms with Crippen molar-refractivity contribution in [1.29, 1.82) is 0 Å². The molecule has 0 unspecified atom stereocenters. The monoisotopic (exact) mass is 390 g/mol. The Balaban J connectivity index is 2.35. The zero-order chi connectivity index (χ0) is 23.9. The molecular formula is C17H20O6S2. The molecule has 0 spiro atoms. The van der Waals surface area contributed by atoms with Crippen LogP contribution in [0.15, 0.2) is 58.3 Å². The van der Waals surface area contributed by atoms with Crippen LogP contribution in [0.2, 0.25) is 0 Å². The van der Waals surface area contributed by atoms with Crippen LogP contribution >= 0.6 is 0 Å². The second-order valence-electron chi connectivity index (χ2n) is 5.03. The Morgan fingerprint density at radius 3 is 1.36 bits per heavy atom. The molecule has 0 saturated heterocycles. The van der Waals surface area contributed by atoms with Crippen LogP contribution in [0.25, 0.3) is 0 Å². The normalized spacial score (nSPS) is 17.5. The summed E-state index contributed by atoms with van der Waals surface area (Å²) in [5.74, 6) is 0. The van der Waals surface area contributed by atoms with Gasteiger partial charge in [-0.1, -0.05) is 35.4 Å². The SMILES string of the molecule is [2H]C([2H])(OS(=O)(=O)c1ccc(C)cc1)C([2H])([2H])C([2H])([2H])OS(=O)(=O)c1ccc(C)cc1. The Morgan fingerprint density at radius 2 is 1.04 bits per heavy atom. The summed E-state index contributed by atoms with van der Waals surface area (Å²) in [6.07, 6.45) is -3.88. The maximum atomic E-state index is 12.4. The topological polar surface area (TPSA) is 86.7 Å². The molecule has 25 heavy (non-hydrogen) atoms. The minimum absolute atomic E-state index is 0.494. The van der Waals surface area contributed by atoms with Gasteiger partial charge in [-0.2, -0.15) is 16.8 Å². The van der Waals surface area contributed by atoms with E-state index in [1.54, 1.807) is 13.8 Å². The molecule has 0 amide bonds. The average molecular weight is 391 g/mol. The first-order chi connectivity index (χ1) is 13.9. The van der Waals surface area contributed by atoms with Gasteiger partial charge in [-0.3, -0.25) is 8.37 Å². The van der Waals surface area contributed by atoms with E-state index in [-0.39, 0.29) is 0 Å². The van der Waals surface area contributed by atoms with Crippen LogP contribution in [0.3, 0.4) is 0 Å². The van der Waals surface area contributed by atoms with Crippen molar-refractivity contribution in [1.82, 2.24) is 0 Å². The fourth-order valence-corrected chi connectivity index (χ4v) is 3.11. The van der Waals surface area contributed by atoms with Gasteiger partial charge in [-0.15, -0.1) is 0 Å². The Morgan fingerprint density at radius 1 is 0.720 bits per heavy atom. The van der Waals surface area contributed by atoms with Crippen LogP contribution < -0.4 is 0 Å². The third-order valence-corrected chi connectivity index (χ3v) is 5.33. The molecule has 0 aliphatic heterocycles. The summed E-state index contributed by atoms with van der Waals surface area (Å²) in [5.41, 5.74) is 1.40. The van der Waals surface area contributed by atoms with Crippen molar-refractivity contribution in [3.05, 3.63) is 59.7 Å². The number of hydrogen-bond donors (Lipinski definition) is 0. The predicted molar refractivity (Wildman–Crippen MR) is 93.3 cm³/mol. The van der Waals surface area contributed by atoms with Gasteiger partial charge in [0.2, 0.25) is 0 Å². The number of hydrogen-bond acceptors (Lipinski definition) is 6. The van der Waals surface area contributed by atoms with Crippen molar-refractivity contribution in [2.24, 2.45) is 0 Å². The summed E-state index contributed by atoms with van der Waals surface area (Å²) in [4.78, 5) is -0.988. The molecule has 0 radical (unpaired) electrons. The van der Waals surface area contributed by atoms with Crippen LogP contribution in [-0.4, -0.2) is 30.0 Å². The summed E-state index contributed by atoms with van der Waals surface area (Å²) < 4.78 is 105. The summed E-state index contributed by atoms with van der Waals surface area (Å²) >= 11 is 0. The van der Waals surface area contributed by atoms with Crippen molar-refractivity contribution in [3.63, 3.8) is 0 Å². The lowest BCUT2D eigenvalue weighted by atomic mass is 10.2. The molecule has 0 fully saturated rings. The van der Waals surface area contributed by atoms with Gasteiger partial charge in [-0.25, -0.2) is 0 Å². The van der Waals surface area contributed by atoms with Gasteiger partial charge >= 0.3 is 0 Å². The highest BCUT2D eigenvalue weighted by Gasteiger charge is 2.16. The van der Waals surface area contributed by atoms with Gasteiger partial charge in [-0.05, 0) is 44.5 Å². The Bertz CT molecular complexity index is 1050. The molecule has 0 aliphatic carbocycles. The third kappa shape index (κ3) is 5.64. The molecule has 0 heterocycles. The molecule has 136 valence electrons. The van der Waals surface area contributed by atoms with Crippen LogP contribution in [0.5, 0.6) is 0 Å². The average Bonchev–Trinajstić information content (AvgIpc) is 2.60. The molecule has 2 aromatic rings. The van der Waals surface area contributed by atoms with E-state index in [1.807, 2.05) is 0 Å². The highest BCUT2D eigenvalue weighted by Crippen LogP contribution is 2.15. The minimum Gasteiger partial charge on any atom is -0.266 e. The second-order valence-corrected chi connectivity index (χ2v) is 8.12. The van der Waals surface area contributed by atoms with E-state index in [0.29, 0.717) is 11.1 Å². The molecule has 2 aromatic carbocycles. The molecule has 6 nitrogen and oxygen atoms in total. The van der Waals surface area contributed by atoms with E-state index < -0.39 is 49.5 Å². The molecule has 0 N–H and O–H groups in total. The summed E-state index contributed by atoms with van der Waals surface area (Å²) in [6, 6.07) is 10.0. The van der Waals surface area contributed by atoms with Gasteiger partial charge in [0.05, 0.1) is 28.4 Å². The molecule has 0 saturated carbocycles. The van der Waals surface area contributed by atoms with Crippen LogP contribution in [0.1, 0.15) is 25.7 Å². The molecular weight excluding hydrogens is 364 g/mol. The number of aryl methyl sites for hydroxylation is 2. The first kappa shape index (κ1) is 12.6. The smallest absolute Gasteiger partial charge is 0.266 e. The summed E-state index contributed by atoms with van der Waals surface area (Å²) in [7, 11) is -9.73. The molecule has 2 rings (SSSR count). The Hall–Kier alpha value is -1.74. The Kier molecular flexibility index (Phi) is 4.07. The summed E-state index contributed by atoms with van der Waals surface area (Å²) in [5, 5.41) is 0. The molecule has 0 aromatic heterocycles. The van der Waals surface area contributed by atoms with Crippen molar-refractivity contribution >= 4 is 20.2 Å². The molecule has 0 bridgehead atoms. The third-order valence-electron chi connectivity index (χ3n) is 3.02. The van der Waals surface area contributed by atoms with E-state index in [9.17, 15) is 16.8 Å². The lowest BCUT2D eigenvalue weighted by Crippen LogP contribution is -2.12. The molecule has 8 heteroatoms. The van der Waals surface area contributed by atoms with Crippen molar-refractivity contribution in [2.45, 2.75) is 30.0 Å². The van der Waals surface area contributed by atoms with E-state index >= 15 is 0 Å². The van der Waals surface area contributed by atoms with E-state index in [1.165, 1.54) is 24.3 Å². The molecule has 0 atom stereocenters. The fourth-order valence-electron chi connectivity index (χ4n) is 1.68. The summed E-state index contributed by atoms with van der Waals surface area (Å²) in [6.45, 7) is -4.34. The van der Waals surface area contributed by atoms with Crippen molar-refractivity contribution in [3.8, 4) is 0 Å². The molecule has 0 aliphatic rings. The van der Waals surface area contributed by atoms with Gasteiger partial charge in [0.15, 0.2) is 0 Å². The predicted octanol–water partition coefficient (Wildman–Crippen LogP) is 2.80. The lowest BCUT2D eigenvalue weighted by molar-refractivity contribution is 0.254. The van der Waals surface area contributed by atoms with Crippen molar-refractivity contribution < 1.29 is 33.4 Å². The van der Waals surface area contributed by atoms with Crippen LogP contribution in [0, 0.1) is 13.8 Å². The minimum atomic E-state index is -4.87. The largest absolute Gasteiger partial charge is 0.296 e. The van der Waals surface area contributed by atoms with Gasteiger partial charge in [0.25, 0.3) is 20.2 Å². The van der Waals surface area contributed by atoms with Gasteiger partial charge in [0.1, 0.15) is 0 Å². The van der Waals surface area contributed by atoms with Crippen molar-refractivity contribution in [2.75, 3.05) is 13.1 Å². The lowest BCUT2D eigenvalue weighted by Gasteiger charge is -2.07. The highest BCUT2D eigenvalue weighted by atomic mass is 32.2. The fraction of sp³-hybridized carbons (Fsp3) is 0.294. The number of benzene rings is 2. The zero-order valence-electron chi connectivity index (χ0n) is 19.4. The quantitative estimate of drug-likeness (QED) is 0.644. The van der Waals surface area contributed by atoms with E-state index in [0.717, 1.165) is 24.3 Å². The first-order valence-electron chi connectivity index (χ1n) is 9.96. The maximum absolute atomic E-state index is 12.4. The van der Waals surface area contributed by atoms with E-state index in [4.69, 9.17) is 8.22 Å². The van der Waals surface area contributed by atoms with E-state index in [2.05, 4.69) is 8.37 Å². The van der Waals surface area contributed by atoms with Crippen LogP contribution in [-0.2, 0) is 28.6 Å². The zero-order valence-corrected chi connectivity index (χ0v) is 15.0. The Labute approximate surface area is 157 Å². The maximum Gasteiger partial charge on any atom is 0.296 e. The first-order valence-corrected chi connectivity index (χ1v) is 9.78. The van der Waals surface area contributed by atoms with Crippen LogP contribution in [0.4, 0.5) is 0 Å². The number of rotatable bonds is 8. The van der Waals surface area contributed by atoms with Gasteiger partial charge < -0.3 is 0 Å². The highest BCUT2D eigenvalue weighted by molar-refractivity contribution is 7.87. The van der Waals surface area contributed by atoms with Gasteiger partial charge in [0, 0.05) is 2.74 Å². The standard InChI is InChI=1S/C17H20O6S2/c1-14-4-8-16(9-5-14)24(18,19)22-12-3-13-23-25(20,21)17-10-6-15(2)7-11-17/h4-11H,3,12-13H2,1-2H3/i3D2,12D2,13D2. The second kappa shape index (κ2) is 8.09.